The molecule has 2 saturated heterocycles. The van der Waals surface area contributed by atoms with Crippen LogP contribution in [0.25, 0.3) is 5.57 Å². The lowest BCUT2D eigenvalue weighted by Crippen LogP contribution is -2.49. The lowest BCUT2D eigenvalue weighted by molar-refractivity contribution is 0.201. The standard InChI is InChI=1S/C41H52N4O/c46-38-15-16-40-33(26-38)7-4-8-39(31-5-2-1-3-6-31)41(40)32-9-12-36(13-10-32)44-19-17-30(18-20-44)29-43-21-23-45(24-22-43)37-14-11-34-27-42-28-35(34)25-37/h9-16,25-26,30-31,42,46H,1-8,17-24,27-29H2. The van der Waals surface area contributed by atoms with Gasteiger partial charge in [-0.25, -0.2) is 0 Å². The Labute approximate surface area is 276 Å². The number of fused-ring (bicyclic) bond motifs is 2. The number of nitrogens with one attached hydrogen (secondary N) is 1. The largest absolute Gasteiger partial charge is 0.508 e. The maximum atomic E-state index is 10.3. The molecule has 3 aliphatic heterocycles. The smallest absolute Gasteiger partial charge is 0.115 e. The molecule has 5 aliphatic rings. The number of hydrogen-bond donors (Lipinski definition) is 2. The topological polar surface area (TPSA) is 42.0 Å². The molecule has 5 nitrogen and oxygen atoms in total. The number of piperazine rings is 1. The zero-order valence-electron chi connectivity index (χ0n) is 27.7. The second-order valence-corrected chi connectivity index (χ2v) is 14.8. The Balaban J connectivity index is 0.898. The summed E-state index contributed by atoms with van der Waals surface area (Å²) in [6.45, 7) is 10.2. The molecule has 46 heavy (non-hydrogen) atoms. The molecule has 0 bridgehead atoms. The van der Waals surface area contributed by atoms with E-state index < -0.39 is 0 Å². The Kier molecular flexibility index (Phi) is 8.79. The Hall–Kier alpha value is -3.28. The van der Waals surface area contributed by atoms with Crippen LogP contribution in [0.1, 0.15) is 85.6 Å². The molecule has 0 amide bonds. The van der Waals surface area contributed by atoms with Gasteiger partial charge in [0, 0.05) is 70.3 Å². The molecule has 0 spiro atoms. The quantitative estimate of drug-likeness (QED) is 0.297. The molecule has 3 fully saturated rings. The molecule has 0 unspecified atom stereocenters. The normalized spacial score (nSPS) is 21.7. The zero-order chi connectivity index (χ0) is 30.9. The average molecular weight is 617 g/mol. The lowest BCUT2D eigenvalue weighted by atomic mass is 9.78. The van der Waals surface area contributed by atoms with Gasteiger partial charge < -0.3 is 20.2 Å². The summed E-state index contributed by atoms with van der Waals surface area (Å²) in [5.41, 5.74) is 12.9. The molecule has 8 rings (SSSR count). The highest BCUT2D eigenvalue weighted by Gasteiger charge is 2.28. The summed E-state index contributed by atoms with van der Waals surface area (Å²) in [7, 11) is 0. The summed E-state index contributed by atoms with van der Waals surface area (Å²) in [4.78, 5) is 7.94. The van der Waals surface area contributed by atoms with Crippen LogP contribution in [0.2, 0.25) is 0 Å². The first-order valence-corrected chi connectivity index (χ1v) is 18.4. The van der Waals surface area contributed by atoms with Gasteiger partial charge in [-0.05, 0) is 127 Å². The molecule has 0 radical (unpaired) electrons. The number of phenols is 1. The lowest BCUT2D eigenvalue weighted by Gasteiger charge is -2.40. The van der Waals surface area contributed by atoms with Crippen LogP contribution in [0.15, 0.2) is 66.2 Å². The SMILES string of the molecule is Oc1ccc2c(c1)CCCC(C1CCCCC1)=C2c1ccc(N2CCC(CN3CCN(c4ccc5c(c4)CNC5)CC3)CC2)cc1. The number of rotatable bonds is 6. The predicted molar refractivity (Wildman–Crippen MR) is 191 cm³/mol. The second-order valence-electron chi connectivity index (χ2n) is 14.8. The maximum absolute atomic E-state index is 10.3. The minimum atomic E-state index is 0.396. The number of phenolic OH excluding ortho intramolecular Hbond substituents is 1. The summed E-state index contributed by atoms with van der Waals surface area (Å²) >= 11 is 0. The molecule has 1 saturated carbocycles. The van der Waals surface area contributed by atoms with Crippen molar-refractivity contribution < 1.29 is 5.11 Å². The van der Waals surface area contributed by atoms with Gasteiger partial charge in [-0.15, -0.1) is 0 Å². The van der Waals surface area contributed by atoms with E-state index in [2.05, 4.69) is 68.5 Å². The molecule has 3 heterocycles. The van der Waals surface area contributed by atoms with Gasteiger partial charge >= 0.3 is 0 Å². The molecule has 0 aromatic heterocycles. The van der Waals surface area contributed by atoms with Crippen LogP contribution < -0.4 is 15.1 Å². The van der Waals surface area contributed by atoms with E-state index in [1.54, 1.807) is 5.57 Å². The fourth-order valence-electron chi connectivity index (χ4n) is 9.24. The predicted octanol–water partition coefficient (Wildman–Crippen LogP) is 7.75. The number of anilines is 2. The third-order valence-electron chi connectivity index (χ3n) is 11.9. The van der Waals surface area contributed by atoms with Crippen LogP contribution in [-0.4, -0.2) is 55.8 Å². The Morgan fingerprint density at radius 1 is 0.630 bits per heavy atom. The first-order valence-electron chi connectivity index (χ1n) is 18.4. The van der Waals surface area contributed by atoms with Gasteiger partial charge in [-0.1, -0.05) is 49.1 Å². The van der Waals surface area contributed by atoms with E-state index in [0.29, 0.717) is 11.7 Å². The monoisotopic (exact) mass is 616 g/mol. The molecule has 3 aromatic rings. The molecular formula is C41H52N4O. The van der Waals surface area contributed by atoms with Crippen molar-refractivity contribution in [3.8, 4) is 5.75 Å². The number of nitrogens with zero attached hydrogens (tertiary/aromatic N) is 3. The van der Waals surface area contributed by atoms with Crippen molar-refractivity contribution in [3.63, 3.8) is 0 Å². The first kappa shape index (κ1) is 30.1. The van der Waals surface area contributed by atoms with Crippen LogP contribution in [0.5, 0.6) is 5.75 Å². The number of aromatic hydroxyl groups is 1. The minimum Gasteiger partial charge on any atom is -0.508 e. The van der Waals surface area contributed by atoms with Crippen molar-refractivity contribution in [1.82, 2.24) is 10.2 Å². The van der Waals surface area contributed by atoms with Crippen molar-refractivity contribution in [2.75, 3.05) is 55.6 Å². The van der Waals surface area contributed by atoms with Crippen molar-refractivity contribution in [2.24, 2.45) is 11.8 Å². The number of allylic oxidation sites excluding steroid dienone is 1. The van der Waals surface area contributed by atoms with E-state index in [0.717, 1.165) is 51.6 Å². The van der Waals surface area contributed by atoms with Gasteiger partial charge in [-0.3, -0.25) is 4.90 Å². The van der Waals surface area contributed by atoms with E-state index in [4.69, 9.17) is 0 Å². The van der Waals surface area contributed by atoms with Crippen LogP contribution in [0.3, 0.4) is 0 Å². The highest BCUT2D eigenvalue weighted by molar-refractivity contribution is 5.85. The summed E-state index contributed by atoms with van der Waals surface area (Å²) < 4.78 is 0. The Morgan fingerprint density at radius 2 is 1.37 bits per heavy atom. The second kappa shape index (κ2) is 13.4. The highest BCUT2D eigenvalue weighted by Crippen LogP contribution is 2.43. The molecule has 2 aliphatic carbocycles. The summed E-state index contributed by atoms with van der Waals surface area (Å²) in [6.07, 6.45) is 12.8. The maximum Gasteiger partial charge on any atom is 0.115 e. The molecular weight excluding hydrogens is 564 g/mol. The number of aryl methyl sites for hydroxylation is 1. The van der Waals surface area contributed by atoms with Crippen molar-refractivity contribution >= 4 is 16.9 Å². The molecule has 2 N–H and O–H groups in total. The fraction of sp³-hybridized carbons (Fsp3) is 0.512. The Bertz CT molecular complexity index is 1540. The minimum absolute atomic E-state index is 0.396. The summed E-state index contributed by atoms with van der Waals surface area (Å²) in [5.74, 6) is 1.91. The van der Waals surface area contributed by atoms with E-state index in [-0.39, 0.29) is 0 Å². The van der Waals surface area contributed by atoms with E-state index >= 15 is 0 Å². The van der Waals surface area contributed by atoms with Gasteiger partial charge in [0.25, 0.3) is 0 Å². The van der Waals surface area contributed by atoms with Gasteiger partial charge in [0.1, 0.15) is 5.75 Å². The van der Waals surface area contributed by atoms with Crippen LogP contribution in [0.4, 0.5) is 11.4 Å². The van der Waals surface area contributed by atoms with Crippen molar-refractivity contribution in [1.29, 1.82) is 0 Å². The average Bonchev–Trinajstić information content (AvgIpc) is 3.50. The van der Waals surface area contributed by atoms with E-state index in [9.17, 15) is 5.11 Å². The molecule has 0 atom stereocenters. The van der Waals surface area contributed by atoms with E-state index in [1.807, 2.05) is 12.1 Å². The highest BCUT2D eigenvalue weighted by atomic mass is 16.3. The third-order valence-corrected chi connectivity index (χ3v) is 11.9. The number of hydrogen-bond acceptors (Lipinski definition) is 5. The van der Waals surface area contributed by atoms with Crippen molar-refractivity contribution in [2.45, 2.75) is 77.3 Å². The molecule has 5 heteroatoms. The van der Waals surface area contributed by atoms with Crippen LogP contribution in [0, 0.1) is 11.8 Å². The van der Waals surface area contributed by atoms with Gasteiger partial charge in [0.05, 0.1) is 0 Å². The van der Waals surface area contributed by atoms with E-state index in [1.165, 1.54) is 122 Å². The Morgan fingerprint density at radius 3 is 2.17 bits per heavy atom. The van der Waals surface area contributed by atoms with Gasteiger partial charge in [0.15, 0.2) is 0 Å². The van der Waals surface area contributed by atoms with Gasteiger partial charge in [-0.2, -0.15) is 0 Å². The van der Waals surface area contributed by atoms with Crippen molar-refractivity contribution in [3.05, 3.63) is 94.1 Å². The first-order chi connectivity index (χ1) is 22.7. The number of piperidine rings is 1. The van der Waals surface area contributed by atoms with Gasteiger partial charge in [0.2, 0.25) is 0 Å². The summed E-state index contributed by atoms with van der Waals surface area (Å²) in [5, 5.41) is 13.8. The summed E-state index contributed by atoms with van der Waals surface area (Å²) in [6, 6.07) is 22.8. The van der Waals surface area contributed by atoms with Crippen LogP contribution >= 0.6 is 0 Å². The zero-order valence-corrected chi connectivity index (χ0v) is 27.7. The van der Waals surface area contributed by atoms with Crippen LogP contribution in [-0.2, 0) is 19.5 Å². The molecule has 3 aromatic carbocycles. The third kappa shape index (κ3) is 6.33. The number of benzene rings is 3. The molecule has 242 valence electrons. The fourth-order valence-corrected chi connectivity index (χ4v) is 9.24.